The molecular formula is C20H29NO3. The summed E-state index contributed by atoms with van der Waals surface area (Å²) in [5.74, 6) is 0.269. The Kier molecular flexibility index (Phi) is 5.26. The smallest absolute Gasteiger partial charge is 0.233 e. The van der Waals surface area contributed by atoms with Crippen molar-refractivity contribution < 1.29 is 14.3 Å². The Morgan fingerprint density at radius 3 is 2.33 bits per heavy atom. The molecule has 0 N–H and O–H groups in total. The molecule has 132 valence electrons. The van der Waals surface area contributed by atoms with Gasteiger partial charge in [0.25, 0.3) is 0 Å². The number of benzene rings is 1. The van der Waals surface area contributed by atoms with Gasteiger partial charge in [-0.1, -0.05) is 44.2 Å². The molecular weight excluding hydrogens is 302 g/mol. The second kappa shape index (κ2) is 7.24. The lowest BCUT2D eigenvalue weighted by molar-refractivity contribution is -0.180. The van der Waals surface area contributed by atoms with E-state index in [9.17, 15) is 4.79 Å². The topological polar surface area (TPSA) is 38.8 Å². The Hall–Kier alpha value is -1.39. The summed E-state index contributed by atoms with van der Waals surface area (Å²) in [5, 5.41) is 0. The van der Waals surface area contributed by atoms with E-state index in [1.54, 1.807) is 0 Å². The van der Waals surface area contributed by atoms with E-state index >= 15 is 0 Å². The van der Waals surface area contributed by atoms with E-state index in [4.69, 9.17) is 9.47 Å². The lowest BCUT2D eigenvalue weighted by Gasteiger charge is -2.46. The number of likely N-dealkylation sites (tertiary alicyclic amines) is 1. The molecule has 1 aromatic rings. The normalized spacial score (nSPS) is 21.0. The number of nitrogens with zero attached hydrogens (tertiary/aromatic N) is 1. The lowest BCUT2D eigenvalue weighted by atomic mass is 9.74. The average molecular weight is 331 g/mol. The fourth-order valence-electron chi connectivity index (χ4n) is 4.17. The first kappa shape index (κ1) is 17.4. The van der Waals surface area contributed by atoms with E-state index in [0.717, 1.165) is 44.3 Å². The van der Waals surface area contributed by atoms with Crippen molar-refractivity contribution in [3.8, 4) is 0 Å². The highest BCUT2D eigenvalue weighted by molar-refractivity contribution is 5.88. The number of amides is 1. The largest absolute Gasteiger partial charge is 0.376 e. The predicted molar refractivity (Wildman–Crippen MR) is 94.0 cm³/mol. The number of hydrogen-bond acceptors (Lipinski definition) is 3. The maximum atomic E-state index is 13.4. The molecule has 0 aliphatic carbocycles. The molecule has 0 atom stereocenters. The first-order valence-electron chi connectivity index (χ1n) is 9.22. The third-order valence-electron chi connectivity index (χ3n) is 5.91. The number of ether oxygens (including phenoxy) is 2. The van der Waals surface area contributed by atoms with Crippen LogP contribution in [-0.4, -0.2) is 49.3 Å². The van der Waals surface area contributed by atoms with Gasteiger partial charge in [0, 0.05) is 13.1 Å². The Morgan fingerprint density at radius 1 is 1.12 bits per heavy atom. The Bertz CT molecular complexity index is 537. The van der Waals surface area contributed by atoms with Crippen molar-refractivity contribution in [2.24, 2.45) is 0 Å². The molecule has 1 aromatic carbocycles. The van der Waals surface area contributed by atoms with Gasteiger partial charge < -0.3 is 14.4 Å². The van der Waals surface area contributed by atoms with Crippen LogP contribution in [0, 0.1) is 0 Å². The van der Waals surface area contributed by atoms with E-state index < -0.39 is 5.41 Å². The van der Waals surface area contributed by atoms with Crippen LogP contribution in [0.5, 0.6) is 0 Å². The molecule has 4 nitrogen and oxygen atoms in total. The number of hydrogen-bond donors (Lipinski definition) is 0. The maximum absolute atomic E-state index is 13.4. The van der Waals surface area contributed by atoms with Crippen LogP contribution in [0.2, 0.25) is 0 Å². The van der Waals surface area contributed by atoms with Crippen molar-refractivity contribution in [2.75, 3.05) is 32.9 Å². The van der Waals surface area contributed by atoms with Crippen LogP contribution in [0.15, 0.2) is 30.3 Å². The first-order chi connectivity index (χ1) is 11.7. The minimum absolute atomic E-state index is 0.164. The molecule has 0 unspecified atom stereocenters. The quantitative estimate of drug-likeness (QED) is 0.851. The maximum Gasteiger partial charge on any atom is 0.233 e. The van der Waals surface area contributed by atoms with E-state index in [2.05, 4.69) is 26.0 Å². The summed E-state index contributed by atoms with van der Waals surface area (Å²) in [6.45, 7) is 7.79. The molecule has 4 heteroatoms. The fourth-order valence-corrected chi connectivity index (χ4v) is 4.17. The number of carbonyl (C=O) groups excluding carboxylic acids is 1. The molecule has 3 rings (SSSR count). The summed E-state index contributed by atoms with van der Waals surface area (Å²) in [6.07, 6.45) is 3.40. The highest BCUT2D eigenvalue weighted by Gasteiger charge is 2.44. The molecule has 0 bridgehead atoms. The molecule has 0 radical (unpaired) electrons. The SMILES string of the molecule is CCC(CC)(C(=O)N1CCC2(CC1)COCCO2)c1ccccc1. The summed E-state index contributed by atoms with van der Waals surface area (Å²) >= 11 is 0. The van der Waals surface area contributed by atoms with Crippen molar-refractivity contribution >= 4 is 5.91 Å². The van der Waals surface area contributed by atoms with Crippen molar-refractivity contribution in [1.82, 2.24) is 4.90 Å². The molecule has 2 heterocycles. The molecule has 2 fully saturated rings. The van der Waals surface area contributed by atoms with E-state index in [0.29, 0.717) is 19.8 Å². The van der Waals surface area contributed by atoms with Gasteiger partial charge in [0.05, 0.1) is 30.8 Å². The number of rotatable bonds is 4. The van der Waals surface area contributed by atoms with Crippen LogP contribution in [0.4, 0.5) is 0 Å². The van der Waals surface area contributed by atoms with Gasteiger partial charge in [-0.3, -0.25) is 4.79 Å². The van der Waals surface area contributed by atoms with Gasteiger partial charge in [-0.05, 0) is 31.2 Å². The van der Waals surface area contributed by atoms with Crippen molar-refractivity contribution in [3.05, 3.63) is 35.9 Å². The molecule has 2 saturated heterocycles. The van der Waals surface area contributed by atoms with E-state index in [-0.39, 0.29) is 11.5 Å². The fraction of sp³-hybridized carbons (Fsp3) is 0.650. The molecule has 2 aliphatic heterocycles. The molecule has 2 aliphatic rings. The minimum atomic E-state index is -0.407. The first-order valence-corrected chi connectivity index (χ1v) is 9.22. The lowest BCUT2D eigenvalue weighted by Crippen LogP contribution is -2.56. The van der Waals surface area contributed by atoms with Gasteiger partial charge in [-0.15, -0.1) is 0 Å². The molecule has 0 saturated carbocycles. The Balaban J connectivity index is 1.75. The van der Waals surface area contributed by atoms with Gasteiger partial charge in [-0.25, -0.2) is 0 Å². The van der Waals surface area contributed by atoms with E-state index in [1.165, 1.54) is 0 Å². The third-order valence-corrected chi connectivity index (χ3v) is 5.91. The minimum Gasteiger partial charge on any atom is -0.376 e. The van der Waals surface area contributed by atoms with Crippen LogP contribution < -0.4 is 0 Å². The highest BCUT2D eigenvalue weighted by Crippen LogP contribution is 2.36. The summed E-state index contributed by atoms with van der Waals surface area (Å²) < 4.78 is 11.6. The zero-order valence-electron chi connectivity index (χ0n) is 14.9. The molecule has 24 heavy (non-hydrogen) atoms. The van der Waals surface area contributed by atoms with E-state index in [1.807, 2.05) is 23.1 Å². The zero-order valence-corrected chi connectivity index (χ0v) is 14.9. The van der Waals surface area contributed by atoms with Gasteiger partial charge in [-0.2, -0.15) is 0 Å². The monoisotopic (exact) mass is 331 g/mol. The standard InChI is InChI=1S/C20H29NO3/c1-3-20(4-2,17-8-6-5-7-9-17)18(22)21-12-10-19(11-13-21)16-23-14-15-24-19/h5-9H,3-4,10-16H2,1-2H3. The second-order valence-corrected chi connectivity index (χ2v) is 7.03. The van der Waals surface area contributed by atoms with Crippen molar-refractivity contribution in [1.29, 1.82) is 0 Å². The molecule has 0 aromatic heterocycles. The van der Waals surface area contributed by atoms with Gasteiger partial charge in [0.15, 0.2) is 0 Å². The van der Waals surface area contributed by atoms with Gasteiger partial charge in [0.2, 0.25) is 5.91 Å². The Morgan fingerprint density at radius 2 is 1.79 bits per heavy atom. The highest BCUT2D eigenvalue weighted by atomic mass is 16.6. The van der Waals surface area contributed by atoms with Crippen LogP contribution in [0.1, 0.15) is 45.1 Å². The van der Waals surface area contributed by atoms with Crippen LogP contribution >= 0.6 is 0 Å². The van der Waals surface area contributed by atoms with Crippen LogP contribution in [-0.2, 0) is 19.7 Å². The summed E-state index contributed by atoms with van der Waals surface area (Å²) in [4.78, 5) is 15.5. The summed E-state index contributed by atoms with van der Waals surface area (Å²) in [5.41, 5.74) is 0.566. The van der Waals surface area contributed by atoms with Crippen molar-refractivity contribution in [3.63, 3.8) is 0 Å². The average Bonchev–Trinajstić information content (AvgIpc) is 2.65. The molecule has 1 spiro atoms. The van der Waals surface area contributed by atoms with Gasteiger partial charge >= 0.3 is 0 Å². The van der Waals surface area contributed by atoms with Crippen LogP contribution in [0.25, 0.3) is 0 Å². The number of carbonyl (C=O) groups is 1. The zero-order chi connectivity index (χ0) is 17.0. The van der Waals surface area contributed by atoms with Crippen molar-refractivity contribution in [2.45, 2.75) is 50.5 Å². The Labute approximate surface area is 145 Å². The summed E-state index contributed by atoms with van der Waals surface area (Å²) in [6, 6.07) is 10.3. The third kappa shape index (κ3) is 3.09. The number of piperidine rings is 1. The van der Waals surface area contributed by atoms with Crippen LogP contribution in [0.3, 0.4) is 0 Å². The summed E-state index contributed by atoms with van der Waals surface area (Å²) in [7, 11) is 0. The second-order valence-electron chi connectivity index (χ2n) is 7.03. The predicted octanol–water partition coefficient (Wildman–Crippen LogP) is 3.15. The molecule has 1 amide bonds. The van der Waals surface area contributed by atoms with Gasteiger partial charge in [0.1, 0.15) is 0 Å².